The highest BCUT2D eigenvalue weighted by Crippen LogP contribution is 2.31. The Bertz CT molecular complexity index is 783. The van der Waals surface area contributed by atoms with Gasteiger partial charge in [-0.25, -0.2) is 9.37 Å². The van der Waals surface area contributed by atoms with Crippen molar-refractivity contribution >= 4 is 17.5 Å². The molecule has 0 saturated carbocycles. The minimum Gasteiger partial charge on any atom is -0.335 e. The molecule has 3 fully saturated rings. The summed E-state index contributed by atoms with van der Waals surface area (Å²) in [6, 6.07) is 4.99. The van der Waals surface area contributed by atoms with Crippen LogP contribution in [-0.2, 0) is 6.54 Å². The van der Waals surface area contributed by atoms with Crippen LogP contribution in [0.15, 0.2) is 36.8 Å². The summed E-state index contributed by atoms with van der Waals surface area (Å²) in [6.45, 7) is 2.64. The Hall–Kier alpha value is -2.05. The van der Waals surface area contributed by atoms with Crippen LogP contribution in [-0.4, -0.2) is 51.4 Å². The molecule has 5 rings (SSSR count). The largest absolute Gasteiger partial charge is 0.335 e. The summed E-state index contributed by atoms with van der Waals surface area (Å²) in [5, 5.41) is 0.456. The van der Waals surface area contributed by atoms with Gasteiger partial charge in [0, 0.05) is 55.2 Å². The van der Waals surface area contributed by atoms with E-state index in [1.54, 1.807) is 18.3 Å². The van der Waals surface area contributed by atoms with Crippen molar-refractivity contribution in [3.8, 4) is 0 Å². The number of halogens is 2. The van der Waals surface area contributed by atoms with Crippen LogP contribution in [0.25, 0.3) is 0 Å². The summed E-state index contributed by atoms with van der Waals surface area (Å²) in [5.41, 5.74) is 0.908. The highest BCUT2D eigenvalue weighted by atomic mass is 35.5. The van der Waals surface area contributed by atoms with Gasteiger partial charge >= 0.3 is 0 Å². The Labute approximate surface area is 156 Å². The molecule has 1 amide bonds. The number of carbonyl (C=O) groups excluding carboxylic acids is 1. The van der Waals surface area contributed by atoms with E-state index < -0.39 is 0 Å². The average molecular weight is 375 g/mol. The monoisotopic (exact) mass is 374 g/mol. The van der Waals surface area contributed by atoms with Gasteiger partial charge < -0.3 is 4.90 Å². The number of benzene rings is 1. The predicted octanol–water partition coefficient (Wildman–Crippen LogP) is 3.01. The Balaban J connectivity index is 1.53. The highest BCUT2D eigenvalue weighted by Gasteiger charge is 2.37. The fraction of sp³-hybridized carbons (Fsp3) is 0.421. The van der Waals surface area contributed by atoms with Crippen LogP contribution < -0.4 is 0 Å². The minimum atomic E-state index is -0.273. The van der Waals surface area contributed by atoms with E-state index in [0.717, 1.165) is 19.4 Å². The Kier molecular flexibility index (Phi) is 4.87. The summed E-state index contributed by atoms with van der Waals surface area (Å²) in [5.74, 6) is 0.0193. The van der Waals surface area contributed by atoms with Crippen molar-refractivity contribution < 1.29 is 9.18 Å². The fourth-order valence-electron chi connectivity index (χ4n) is 4.00. The second-order valence-corrected chi connectivity index (χ2v) is 7.43. The third-order valence-electron chi connectivity index (χ3n) is 5.32. The number of hydrogen-bond donors (Lipinski definition) is 0. The number of piperidine rings is 1. The molecular weight excluding hydrogens is 355 g/mol. The molecule has 26 heavy (non-hydrogen) atoms. The first-order chi connectivity index (χ1) is 12.6. The summed E-state index contributed by atoms with van der Waals surface area (Å²) in [4.78, 5) is 25.0. The van der Waals surface area contributed by atoms with Crippen molar-refractivity contribution in [2.45, 2.75) is 25.4 Å². The lowest BCUT2D eigenvalue weighted by Crippen LogP contribution is -2.44. The van der Waals surface area contributed by atoms with Gasteiger partial charge in [-0.1, -0.05) is 17.7 Å². The minimum absolute atomic E-state index is 0.0826. The van der Waals surface area contributed by atoms with E-state index in [2.05, 4.69) is 14.9 Å². The second kappa shape index (κ2) is 7.29. The van der Waals surface area contributed by atoms with Gasteiger partial charge in [-0.15, -0.1) is 0 Å². The predicted molar refractivity (Wildman–Crippen MR) is 96.3 cm³/mol. The molecule has 1 aromatic heterocycles. The quantitative estimate of drug-likeness (QED) is 0.828. The third kappa shape index (κ3) is 3.44. The molecule has 1 aromatic carbocycles. The number of amides is 1. The molecule has 2 bridgehead atoms. The van der Waals surface area contributed by atoms with Crippen LogP contribution in [0.5, 0.6) is 0 Å². The van der Waals surface area contributed by atoms with Gasteiger partial charge in [-0.2, -0.15) is 0 Å². The number of rotatable bonds is 3. The van der Waals surface area contributed by atoms with E-state index in [4.69, 9.17) is 11.6 Å². The fourth-order valence-corrected chi connectivity index (χ4v) is 4.22. The van der Waals surface area contributed by atoms with Crippen LogP contribution in [0.1, 0.15) is 28.9 Å². The van der Waals surface area contributed by atoms with Crippen LogP contribution in [0.3, 0.4) is 0 Å². The standard InChI is InChI=1S/C19H20ClFN4O/c20-16-2-1-3-17(21)15(16)12-24-9-13-4-5-14(24)11-25(10-13)19(26)18-8-22-6-7-23-18/h1-3,6-8,13-14H,4-5,9-12H2/t13-,14-/m1/s1. The maximum atomic E-state index is 14.2. The van der Waals surface area contributed by atoms with E-state index >= 15 is 0 Å². The van der Waals surface area contributed by atoms with Gasteiger partial charge in [0.2, 0.25) is 0 Å². The Morgan fingerprint density at radius 2 is 2.12 bits per heavy atom. The number of hydrogen-bond acceptors (Lipinski definition) is 4. The van der Waals surface area contributed by atoms with E-state index in [0.29, 0.717) is 41.8 Å². The molecule has 0 radical (unpaired) electrons. The van der Waals surface area contributed by atoms with Crippen molar-refractivity contribution in [2.75, 3.05) is 19.6 Å². The van der Waals surface area contributed by atoms with Crippen LogP contribution in [0.2, 0.25) is 5.02 Å². The van der Waals surface area contributed by atoms with E-state index in [-0.39, 0.29) is 17.8 Å². The van der Waals surface area contributed by atoms with Crippen molar-refractivity contribution in [1.29, 1.82) is 0 Å². The zero-order valence-electron chi connectivity index (χ0n) is 14.3. The molecule has 2 aromatic rings. The van der Waals surface area contributed by atoms with Crippen molar-refractivity contribution in [2.24, 2.45) is 5.92 Å². The zero-order chi connectivity index (χ0) is 18.1. The summed E-state index contributed by atoms with van der Waals surface area (Å²) in [6.07, 6.45) is 6.68. The first-order valence-corrected chi connectivity index (χ1v) is 9.22. The Morgan fingerprint density at radius 3 is 2.88 bits per heavy atom. The lowest BCUT2D eigenvalue weighted by atomic mass is 9.94. The molecule has 0 unspecified atom stereocenters. The smallest absolute Gasteiger partial charge is 0.274 e. The van der Waals surface area contributed by atoms with Crippen molar-refractivity contribution in [3.05, 3.63) is 58.9 Å². The van der Waals surface area contributed by atoms with Gasteiger partial charge in [0.05, 0.1) is 6.20 Å². The van der Waals surface area contributed by atoms with E-state index in [1.165, 1.54) is 18.5 Å². The maximum absolute atomic E-state index is 14.2. The number of fused-ring (bicyclic) bond motifs is 4. The summed E-state index contributed by atoms with van der Waals surface area (Å²) in [7, 11) is 0. The second-order valence-electron chi connectivity index (χ2n) is 7.03. The molecule has 2 atom stereocenters. The average Bonchev–Trinajstić information content (AvgIpc) is 2.97. The number of carbonyl (C=O) groups is 1. The molecule has 5 nitrogen and oxygen atoms in total. The highest BCUT2D eigenvalue weighted by molar-refractivity contribution is 6.31. The molecule has 136 valence electrons. The number of aromatic nitrogens is 2. The first-order valence-electron chi connectivity index (χ1n) is 8.84. The lowest BCUT2D eigenvalue weighted by Gasteiger charge is -2.36. The molecule has 0 spiro atoms. The van der Waals surface area contributed by atoms with Gasteiger partial charge in [0.15, 0.2) is 0 Å². The Morgan fingerprint density at radius 1 is 1.23 bits per heavy atom. The first kappa shape index (κ1) is 17.4. The molecule has 3 aliphatic heterocycles. The van der Waals surface area contributed by atoms with Crippen LogP contribution in [0, 0.1) is 11.7 Å². The van der Waals surface area contributed by atoms with Crippen molar-refractivity contribution in [3.63, 3.8) is 0 Å². The normalized spacial score (nSPS) is 23.1. The molecule has 0 aliphatic carbocycles. The van der Waals surface area contributed by atoms with Gasteiger partial charge in [-0.3, -0.25) is 14.7 Å². The van der Waals surface area contributed by atoms with E-state index in [9.17, 15) is 9.18 Å². The molecule has 7 heteroatoms. The molecular formula is C19H20ClFN4O. The van der Waals surface area contributed by atoms with Gasteiger partial charge in [0.1, 0.15) is 11.5 Å². The molecule has 4 heterocycles. The topological polar surface area (TPSA) is 49.3 Å². The molecule has 3 saturated heterocycles. The van der Waals surface area contributed by atoms with Crippen LogP contribution >= 0.6 is 11.6 Å². The SMILES string of the molecule is O=C(c1cnccn1)N1C[C@@H]2CC[C@H](C1)N(Cc1c(F)cccc1Cl)C2. The van der Waals surface area contributed by atoms with E-state index in [1.807, 2.05) is 4.90 Å². The summed E-state index contributed by atoms with van der Waals surface area (Å²) < 4.78 is 14.2. The maximum Gasteiger partial charge on any atom is 0.274 e. The number of nitrogens with zero attached hydrogens (tertiary/aromatic N) is 4. The summed E-state index contributed by atoms with van der Waals surface area (Å²) >= 11 is 6.20. The van der Waals surface area contributed by atoms with Gasteiger partial charge in [-0.05, 0) is 30.9 Å². The van der Waals surface area contributed by atoms with Crippen LogP contribution in [0.4, 0.5) is 4.39 Å². The third-order valence-corrected chi connectivity index (χ3v) is 5.67. The molecule has 3 aliphatic rings. The lowest BCUT2D eigenvalue weighted by molar-refractivity contribution is 0.0729. The zero-order valence-corrected chi connectivity index (χ0v) is 15.1. The molecule has 0 N–H and O–H groups in total. The van der Waals surface area contributed by atoms with Crippen molar-refractivity contribution in [1.82, 2.24) is 19.8 Å². The van der Waals surface area contributed by atoms with Gasteiger partial charge in [0.25, 0.3) is 5.91 Å².